The highest BCUT2D eigenvalue weighted by molar-refractivity contribution is 5.89. The van der Waals surface area contributed by atoms with Crippen LogP contribution in [-0.2, 0) is 0 Å². The van der Waals surface area contributed by atoms with Crippen molar-refractivity contribution in [2.75, 3.05) is 5.32 Å². The molecule has 1 aliphatic rings. The molecule has 0 bridgehead atoms. The van der Waals surface area contributed by atoms with Crippen molar-refractivity contribution in [1.29, 1.82) is 0 Å². The summed E-state index contributed by atoms with van der Waals surface area (Å²) in [5, 5.41) is 3.26. The lowest BCUT2D eigenvalue weighted by Gasteiger charge is -2.36. The maximum atomic E-state index is 12.4. The van der Waals surface area contributed by atoms with Gasteiger partial charge in [-0.05, 0) is 73.6 Å². The number of rotatable bonds is 5. The van der Waals surface area contributed by atoms with Gasteiger partial charge in [0.15, 0.2) is 0 Å². The van der Waals surface area contributed by atoms with Crippen molar-refractivity contribution >= 4 is 29.0 Å². The van der Waals surface area contributed by atoms with Gasteiger partial charge in [-0.15, -0.1) is 13.2 Å². The number of halogens is 3. The molecule has 5 nitrogen and oxygen atoms in total. The van der Waals surface area contributed by atoms with Crippen molar-refractivity contribution in [3.05, 3.63) is 47.5 Å². The lowest BCUT2D eigenvalue weighted by molar-refractivity contribution is -0.274. The van der Waals surface area contributed by atoms with Gasteiger partial charge >= 0.3 is 6.36 Å². The van der Waals surface area contributed by atoms with E-state index in [1.807, 2.05) is 13.0 Å². The normalized spacial score (nSPS) is 18.5. The summed E-state index contributed by atoms with van der Waals surface area (Å²) in [6, 6.07) is 9.57. The SMILES string of the molecule is Cc1cc2c(cc1C=O)nc(Nc1ccc(OC(F)(F)F)cc1)n2[C@@H]1CCCC(C)(C)C1. The van der Waals surface area contributed by atoms with E-state index in [9.17, 15) is 18.0 Å². The van der Waals surface area contributed by atoms with Gasteiger partial charge in [-0.3, -0.25) is 4.79 Å². The Morgan fingerprint density at radius 3 is 2.56 bits per heavy atom. The first-order chi connectivity index (χ1) is 15.0. The highest BCUT2D eigenvalue weighted by atomic mass is 19.4. The first-order valence-corrected chi connectivity index (χ1v) is 10.7. The molecule has 0 saturated heterocycles. The topological polar surface area (TPSA) is 56.1 Å². The molecule has 1 aliphatic carbocycles. The van der Waals surface area contributed by atoms with Gasteiger partial charge in [0.2, 0.25) is 5.95 Å². The highest BCUT2D eigenvalue weighted by Crippen LogP contribution is 2.43. The van der Waals surface area contributed by atoms with Crippen LogP contribution in [0.15, 0.2) is 36.4 Å². The third-order valence-electron chi connectivity index (χ3n) is 6.09. The summed E-state index contributed by atoms with van der Waals surface area (Å²) in [6.07, 6.45) is 0.352. The number of fused-ring (bicyclic) bond motifs is 1. The summed E-state index contributed by atoms with van der Waals surface area (Å²) in [6.45, 7) is 6.43. The van der Waals surface area contributed by atoms with Gasteiger partial charge in [-0.2, -0.15) is 0 Å². The fourth-order valence-electron chi connectivity index (χ4n) is 4.59. The number of nitrogens with zero attached hydrogens (tertiary/aromatic N) is 2. The molecule has 1 fully saturated rings. The van der Waals surface area contributed by atoms with E-state index in [0.717, 1.165) is 43.0 Å². The molecule has 0 radical (unpaired) electrons. The minimum absolute atomic E-state index is 0.200. The van der Waals surface area contributed by atoms with Crippen molar-refractivity contribution in [3.8, 4) is 5.75 Å². The minimum atomic E-state index is -4.73. The quantitative estimate of drug-likeness (QED) is 0.432. The molecule has 3 aromatic rings. The Balaban J connectivity index is 1.73. The monoisotopic (exact) mass is 445 g/mol. The summed E-state index contributed by atoms with van der Waals surface area (Å²) in [7, 11) is 0. The van der Waals surface area contributed by atoms with Crippen molar-refractivity contribution in [3.63, 3.8) is 0 Å². The lowest BCUT2D eigenvalue weighted by Crippen LogP contribution is -2.25. The molecule has 0 spiro atoms. The van der Waals surface area contributed by atoms with Crippen molar-refractivity contribution in [1.82, 2.24) is 9.55 Å². The number of ether oxygens (including phenoxy) is 1. The number of aldehydes is 1. The molecular weight excluding hydrogens is 419 g/mol. The van der Waals surface area contributed by atoms with Crippen molar-refractivity contribution in [2.24, 2.45) is 5.41 Å². The number of aryl methyl sites for hydroxylation is 1. The Morgan fingerprint density at radius 2 is 1.94 bits per heavy atom. The molecule has 1 atom stereocenters. The zero-order chi connectivity index (χ0) is 23.1. The smallest absolute Gasteiger partial charge is 0.406 e. The molecule has 1 N–H and O–H groups in total. The summed E-state index contributed by atoms with van der Waals surface area (Å²) < 4.78 is 43.5. The van der Waals surface area contributed by atoms with E-state index in [-0.39, 0.29) is 17.2 Å². The molecule has 32 heavy (non-hydrogen) atoms. The number of carbonyl (C=O) groups is 1. The second-order valence-corrected chi connectivity index (χ2v) is 9.23. The van der Waals surface area contributed by atoms with E-state index in [1.165, 1.54) is 24.3 Å². The predicted molar refractivity (Wildman–Crippen MR) is 118 cm³/mol. The number of nitrogens with one attached hydrogen (secondary N) is 1. The fraction of sp³-hybridized carbons (Fsp3) is 0.417. The van der Waals surface area contributed by atoms with Crippen LogP contribution < -0.4 is 10.1 Å². The van der Waals surface area contributed by atoms with E-state index in [1.54, 1.807) is 6.07 Å². The molecule has 1 saturated carbocycles. The number of imidazole rings is 1. The van der Waals surface area contributed by atoms with Gasteiger partial charge in [0.05, 0.1) is 11.0 Å². The van der Waals surface area contributed by atoms with Crippen LogP contribution in [0.25, 0.3) is 11.0 Å². The van der Waals surface area contributed by atoms with Crippen LogP contribution in [0, 0.1) is 12.3 Å². The third-order valence-corrected chi connectivity index (χ3v) is 6.09. The minimum Gasteiger partial charge on any atom is -0.406 e. The van der Waals surface area contributed by atoms with Crippen LogP contribution in [0.3, 0.4) is 0 Å². The number of benzene rings is 2. The fourth-order valence-corrected chi connectivity index (χ4v) is 4.59. The summed E-state index contributed by atoms with van der Waals surface area (Å²) in [5.74, 6) is 0.325. The number of aromatic nitrogens is 2. The van der Waals surface area contributed by atoms with Crippen molar-refractivity contribution in [2.45, 2.75) is 58.9 Å². The average Bonchev–Trinajstić information content (AvgIpc) is 3.03. The Kier molecular flexibility index (Phi) is 5.65. The molecule has 0 aliphatic heterocycles. The number of hydrogen-bond donors (Lipinski definition) is 1. The number of anilines is 2. The Bertz CT molecular complexity index is 1130. The Morgan fingerprint density at radius 1 is 1.22 bits per heavy atom. The van der Waals surface area contributed by atoms with Gasteiger partial charge in [-0.1, -0.05) is 20.3 Å². The van der Waals surface area contributed by atoms with Crippen LogP contribution >= 0.6 is 0 Å². The van der Waals surface area contributed by atoms with Gasteiger partial charge in [0.25, 0.3) is 0 Å². The maximum absolute atomic E-state index is 12.4. The van der Waals surface area contributed by atoms with Crippen LogP contribution in [0.2, 0.25) is 0 Å². The number of hydrogen-bond acceptors (Lipinski definition) is 4. The summed E-state index contributed by atoms with van der Waals surface area (Å²) >= 11 is 0. The van der Waals surface area contributed by atoms with Gasteiger partial charge in [0, 0.05) is 17.3 Å². The molecule has 170 valence electrons. The highest BCUT2D eigenvalue weighted by Gasteiger charge is 2.32. The molecule has 1 heterocycles. The van der Waals surface area contributed by atoms with Gasteiger partial charge in [0.1, 0.15) is 12.0 Å². The number of carbonyl (C=O) groups excluding carboxylic acids is 1. The standard InChI is InChI=1S/C24H26F3N3O2/c1-15-11-21-20(12-16(15)14-31)29-22(30(21)18-5-4-10-23(2,3)13-18)28-17-6-8-19(9-7-17)32-24(25,26)27/h6-9,11-12,14,18H,4-5,10,13H2,1-3H3,(H,28,29)/t18-/m1/s1. The summed E-state index contributed by atoms with van der Waals surface area (Å²) in [4.78, 5) is 16.2. The lowest BCUT2D eigenvalue weighted by atomic mass is 9.75. The number of alkyl halides is 3. The van der Waals surface area contributed by atoms with E-state index < -0.39 is 6.36 Å². The second-order valence-electron chi connectivity index (χ2n) is 9.23. The zero-order valence-corrected chi connectivity index (χ0v) is 18.3. The maximum Gasteiger partial charge on any atom is 0.573 e. The van der Waals surface area contributed by atoms with Crippen LogP contribution in [-0.4, -0.2) is 22.2 Å². The molecule has 0 unspecified atom stereocenters. The Labute approximate surface area is 184 Å². The van der Waals surface area contributed by atoms with Gasteiger partial charge < -0.3 is 14.6 Å². The average molecular weight is 445 g/mol. The van der Waals surface area contributed by atoms with E-state index in [0.29, 0.717) is 22.7 Å². The molecule has 1 aromatic heterocycles. The van der Waals surface area contributed by atoms with E-state index >= 15 is 0 Å². The molecule has 0 amide bonds. The zero-order valence-electron chi connectivity index (χ0n) is 18.3. The Hall–Kier alpha value is -3.03. The van der Waals surface area contributed by atoms with Crippen LogP contribution in [0.5, 0.6) is 5.75 Å². The molecular formula is C24H26F3N3O2. The first kappa shape index (κ1) is 22.2. The predicted octanol–water partition coefficient (Wildman–Crippen LogP) is 6.94. The molecule has 2 aromatic carbocycles. The third kappa shape index (κ3) is 4.74. The van der Waals surface area contributed by atoms with E-state index in [4.69, 9.17) is 4.98 Å². The summed E-state index contributed by atoms with van der Waals surface area (Å²) in [5.41, 5.74) is 3.91. The van der Waals surface area contributed by atoms with Gasteiger partial charge in [-0.25, -0.2) is 4.98 Å². The first-order valence-electron chi connectivity index (χ1n) is 10.7. The largest absolute Gasteiger partial charge is 0.573 e. The van der Waals surface area contributed by atoms with Crippen molar-refractivity contribution < 1.29 is 22.7 Å². The van der Waals surface area contributed by atoms with E-state index in [2.05, 4.69) is 28.5 Å². The van der Waals surface area contributed by atoms with Crippen LogP contribution in [0.4, 0.5) is 24.8 Å². The van der Waals surface area contributed by atoms with Crippen LogP contribution in [0.1, 0.15) is 61.5 Å². The molecule has 4 rings (SSSR count). The second kappa shape index (κ2) is 8.15. The molecule has 8 heteroatoms.